The molecule has 1 saturated heterocycles. The molecule has 1 N–H and O–H groups in total. The lowest BCUT2D eigenvalue weighted by molar-refractivity contribution is -0.129. The number of anilines is 1. The number of carbonyl (C=O) groups is 1. The van der Waals surface area contributed by atoms with E-state index in [1.807, 2.05) is 13.0 Å². The predicted molar refractivity (Wildman–Crippen MR) is 133 cm³/mol. The van der Waals surface area contributed by atoms with Crippen LogP contribution in [-0.4, -0.2) is 61.8 Å². The van der Waals surface area contributed by atoms with Gasteiger partial charge in [0.15, 0.2) is 5.82 Å². The average molecular weight is 496 g/mol. The molecule has 1 aliphatic rings. The molecule has 4 aromatic heterocycles. The number of rotatable bonds is 7. The summed E-state index contributed by atoms with van der Waals surface area (Å²) in [6.07, 6.45) is 3.49. The van der Waals surface area contributed by atoms with Gasteiger partial charge in [-0.1, -0.05) is 0 Å². The molecule has 0 radical (unpaired) electrons. The highest BCUT2D eigenvalue weighted by atomic mass is 32.1. The number of thiophene rings is 1. The Labute approximate surface area is 204 Å². The van der Waals surface area contributed by atoms with Gasteiger partial charge in [0.05, 0.1) is 11.4 Å². The third-order valence-corrected chi connectivity index (χ3v) is 7.28. The Morgan fingerprint density at radius 1 is 1.20 bits per heavy atom. The number of hydrogen-bond acceptors (Lipinski definition) is 9. The van der Waals surface area contributed by atoms with E-state index in [1.54, 1.807) is 25.4 Å². The first-order valence-corrected chi connectivity index (χ1v) is 12.2. The van der Waals surface area contributed by atoms with Crippen LogP contribution < -0.4 is 21.0 Å². The molecule has 0 amide bonds. The van der Waals surface area contributed by atoms with E-state index in [0.717, 1.165) is 63.3 Å². The van der Waals surface area contributed by atoms with Gasteiger partial charge in [0.2, 0.25) is 0 Å². The zero-order chi connectivity index (χ0) is 24.5. The second kappa shape index (κ2) is 9.47. The van der Waals surface area contributed by atoms with Crippen molar-refractivity contribution in [2.45, 2.75) is 26.9 Å². The Hall–Kier alpha value is -3.77. The number of aromatic nitrogens is 5. The van der Waals surface area contributed by atoms with Crippen LogP contribution in [0.25, 0.3) is 21.7 Å². The van der Waals surface area contributed by atoms with Gasteiger partial charge in [-0.3, -0.25) is 19.1 Å². The molecule has 0 bridgehead atoms. The van der Waals surface area contributed by atoms with Crippen molar-refractivity contribution < 1.29 is 9.63 Å². The molecule has 0 aliphatic carbocycles. The van der Waals surface area contributed by atoms with Crippen LogP contribution in [0.1, 0.15) is 17.5 Å². The van der Waals surface area contributed by atoms with Crippen LogP contribution in [0, 0.1) is 6.92 Å². The fourth-order valence-electron chi connectivity index (χ4n) is 4.45. The lowest BCUT2D eigenvalue weighted by Crippen LogP contribution is -2.46. The molecule has 0 saturated carbocycles. The summed E-state index contributed by atoms with van der Waals surface area (Å²) in [6, 6.07) is 5.84. The van der Waals surface area contributed by atoms with Gasteiger partial charge in [-0.05, 0) is 32.0 Å². The van der Waals surface area contributed by atoms with Crippen molar-refractivity contribution in [3.05, 3.63) is 62.0 Å². The number of aryl methyl sites for hydroxylation is 1. The van der Waals surface area contributed by atoms with E-state index in [0.29, 0.717) is 16.8 Å². The second-order valence-electron chi connectivity index (χ2n) is 8.26. The van der Waals surface area contributed by atoms with Crippen molar-refractivity contribution in [3.63, 3.8) is 0 Å². The molecule has 0 unspecified atom stereocenters. The number of H-pyrrole nitrogens is 1. The van der Waals surface area contributed by atoms with E-state index in [9.17, 15) is 14.4 Å². The molecule has 5 heterocycles. The van der Waals surface area contributed by atoms with Crippen molar-refractivity contribution in [1.29, 1.82) is 0 Å². The van der Waals surface area contributed by atoms with E-state index in [2.05, 4.69) is 25.8 Å². The zero-order valence-electron chi connectivity index (χ0n) is 19.4. The normalized spacial score (nSPS) is 14.5. The smallest absolute Gasteiger partial charge is 0.365 e. The average Bonchev–Trinajstić information content (AvgIpc) is 3.54. The maximum atomic E-state index is 12.8. The van der Waals surface area contributed by atoms with E-state index >= 15 is 0 Å². The van der Waals surface area contributed by atoms with Gasteiger partial charge in [-0.15, -0.1) is 16.1 Å². The van der Waals surface area contributed by atoms with Crippen LogP contribution in [0.2, 0.25) is 0 Å². The topological polar surface area (TPSA) is 118 Å². The quantitative estimate of drug-likeness (QED) is 0.381. The molecule has 1 aliphatic heterocycles. The summed E-state index contributed by atoms with van der Waals surface area (Å²) in [5.74, 6) is 0.752. The Kier molecular flexibility index (Phi) is 6.22. The van der Waals surface area contributed by atoms with Crippen LogP contribution in [0.15, 0.2) is 40.2 Å². The number of pyridine rings is 1. The molecule has 35 heavy (non-hydrogen) atoms. The summed E-state index contributed by atoms with van der Waals surface area (Å²) in [6.45, 7) is 8.11. The fraction of sp³-hybridized carbons (Fsp3) is 0.348. The molecule has 0 aromatic carbocycles. The van der Waals surface area contributed by atoms with Crippen molar-refractivity contribution in [2.75, 3.05) is 31.1 Å². The summed E-state index contributed by atoms with van der Waals surface area (Å²) in [5, 5.41) is 0. The Balaban J connectivity index is 1.31. The Morgan fingerprint density at radius 2 is 2.00 bits per heavy atom. The van der Waals surface area contributed by atoms with Crippen molar-refractivity contribution >= 4 is 33.7 Å². The van der Waals surface area contributed by atoms with E-state index < -0.39 is 5.69 Å². The number of fused-ring (bicyclic) bond motifs is 1. The van der Waals surface area contributed by atoms with Crippen LogP contribution in [0.4, 0.5) is 5.69 Å². The summed E-state index contributed by atoms with van der Waals surface area (Å²) in [7, 11) is 0. The summed E-state index contributed by atoms with van der Waals surface area (Å²) in [4.78, 5) is 58.8. The molecular formula is C23H25N7O4S. The zero-order valence-corrected chi connectivity index (χ0v) is 20.2. The van der Waals surface area contributed by atoms with Crippen LogP contribution in [-0.2, 0) is 17.9 Å². The number of hydrogen-bond donors (Lipinski definition) is 1. The first-order chi connectivity index (χ1) is 17.0. The SMILES string of the molecule is CCn1c(=O)c2sc(CN3CCN(c4ccc(-c5ncc[nH]5)nc4C)CC3)cc2n(OC=O)c1=O. The molecular weight excluding hydrogens is 470 g/mol. The number of piperazine rings is 1. The minimum atomic E-state index is -0.655. The Bertz CT molecular complexity index is 1480. The van der Waals surface area contributed by atoms with Gasteiger partial charge in [-0.25, -0.2) is 14.8 Å². The first-order valence-electron chi connectivity index (χ1n) is 11.3. The second-order valence-corrected chi connectivity index (χ2v) is 9.39. The van der Waals surface area contributed by atoms with E-state index in [-0.39, 0.29) is 18.6 Å². The van der Waals surface area contributed by atoms with Crippen molar-refractivity contribution in [3.8, 4) is 11.5 Å². The standard InChI is InChI=1S/C23H25N7O4S/c1-3-29-22(32)20-19(30(23(29)33)34-14-31)12-16(35-20)13-27-8-10-28(11-9-27)18-5-4-17(26-15(18)2)21-24-6-7-25-21/h4-7,12,14H,3,8-11,13H2,1-2H3,(H,24,25). The van der Waals surface area contributed by atoms with E-state index in [1.165, 1.54) is 11.3 Å². The van der Waals surface area contributed by atoms with E-state index in [4.69, 9.17) is 9.82 Å². The summed E-state index contributed by atoms with van der Waals surface area (Å²) < 4.78 is 2.37. The third kappa shape index (κ3) is 4.26. The largest absolute Gasteiger partial charge is 0.368 e. The minimum absolute atomic E-state index is 0.194. The third-order valence-electron chi connectivity index (χ3n) is 6.18. The lowest BCUT2D eigenvalue weighted by Gasteiger charge is -2.36. The number of aromatic amines is 1. The summed E-state index contributed by atoms with van der Waals surface area (Å²) >= 11 is 1.33. The van der Waals surface area contributed by atoms with Gasteiger partial charge < -0.3 is 14.7 Å². The minimum Gasteiger partial charge on any atom is -0.368 e. The number of imidazole rings is 1. The van der Waals surface area contributed by atoms with Gasteiger partial charge in [0, 0.05) is 56.5 Å². The van der Waals surface area contributed by atoms with Gasteiger partial charge in [-0.2, -0.15) is 0 Å². The fourth-order valence-corrected chi connectivity index (χ4v) is 5.57. The highest BCUT2D eigenvalue weighted by Gasteiger charge is 2.22. The monoisotopic (exact) mass is 495 g/mol. The molecule has 0 spiro atoms. The predicted octanol–water partition coefficient (Wildman–Crippen LogP) is 1.25. The molecule has 0 atom stereocenters. The summed E-state index contributed by atoms with van der Waals surface area (Å²) in [5.41, 5.74) is 2.19. The highest BCUT2D eigenvalue weighted by Crippen LogP contribution is 2.26. The molecule has 5 rings (SSSR count). The molecule has 12 heteroatoms. The van der Waals surface area contributed by atoms with Gasteiger partial charge >= 0.3 is 12.2 Å². The Morgan fingerprint density at radius 3 is 2.66 bits per heavy atom. The van der Waals surface area contributed by atoms with Crippen LogP contribution >= 0.6 is 11.3 Å². The van der Waals surface area contributed by atoms with Gasteiger partial charge in [0.25, 0.3) is 5.56 Å². The van der Waals surface area contributed by atoms with Crippen LogP contribution in [0.5, 0.6) is 0 Å². The number of nitrogens with zero attached hydrogens (tertiary/aromatic N) is 6. The van der Waals surface area contributed by atoms with Crippen LogP contribution in [0.3, 0.4) is 0 Å². The molecule has 1 fully saturated rings. The lowest BCUT2D eigenvalue weighted by atomic mass is 10.2. The first kappa shape index (κ1) is 23.0. The molecule has 4 aromatic rings. The maximum absolute atomic E-state index is 12.8. The number of carbonyl (C=O) groups excluding carboxylic acids is 1. The molecule has 182 valence electrons. The number of nitrogens with one attached hydrogen (secondary N) is 1. The van der Waals surface area contributed by atoms with Crippen molar-refractivity contribution in [2.24, 2.45) is 0 Å². The van der Waals surface area contributed by atoms with Gasteiger partial charge in [0.1, 0.15) is 15.9 Å². The maximum Gasteiger partial charge on any atom is 0.365 e. The molecule has 11 nitrogen and oxygen atoms in total. The highest BCUT2D eigenvalue weighted by molar-refractivity contribution is 7.18. The van der Waals surface area contributed by atoms with Crippen molar-refractivity contribution in [1.82, 2.24) is 29.1 Å².